The minimum atomic E-state index is -5.08. The largest absolute Gasteiger partial charge is 0.504 e. The van der Waals surface area contributed by atoms with Gasteiger partial charge in [-0.3, -0.25) is 9.59 Å². The highest BCUT2D eigenvalue weighted by Gasteiger charge is 2.38. The van der Waals surface area contributed by atoms with E-state index in [1.54, 1.807) is 43.3 Å². The Labute approximate surface area is 444 Å². The van der Waals surface area contributed by atoms with E-state index < -0.39 is 41.9 Å². The molecule has 8 N–H and O–H groups in total. The maximum absolute atomic E-state index is 13.3. The number of aromatic hydroxyl groups is 1. The molecule has 21 nitrogen and oxygen atoms in total. The lowest BCUT2D eigenvalue weighted by Gasteiger charge is -2.14. The number of allylic oxidation sites excluding steroid dienone is 1. The summed E-state index contributed by atoms with van der Waals surface area (Å²) >= 11 is 1.12. The van der Waals surface area contributed by atoms with Gasteiger partial charge in [-0.15, -0.1) is 0 Å². The molecule has 0 spiro atoms. The fourth-order valence-corrected chi connectivity index (χ4v) is 7.47. The molecule has 1 heterocycles. The molecular weight excluding hydrogens is 1020 g/mol. The maximum atomic E-state index is 13.3. The summed E-state index contributed by atoms with van der Waals surface area (Å²) in [6.07, 6.45) is -0.000224. The number of ether oxygens (including phenoxy) is 5. The van der Waals surface area contributed by atoms with Crippen LogP contribution in [0.2, 0.25) is 0 Å². The van der Waals surface area contributed by atoms with Gasteiger partial charge in [0.05, 0.1) is 56.2 Å². The molecule has 5 amide bonds. The lowest BCUT2D eigenvalue weighted by molar-refractivity contribution is -0.192. The summed E-state index contributed by atoms with van der Waals surface area (Å²) < 4.78 is 59.3. The number of phenols is 1. The molecule has 0 fully saturated rings. The van der Waals surface area contributed by atoms with Crippen molar-refractivity contribution < 1.29 is 75.8 Å². The SMILES string of the molecule is CCOC(=O)C1=C(Nc2ccccc2)S/C(=C\c2ccc(OCCOCCOCCOCCNC(=O)c3cc(NC(=O)NCCCCN(C)C)cc(NC(=O)NCCCCN(C)C)c3)c(O)c2)C1=O.O=C(O)C(F)(F)F. The minimum absolute atomic E-state index is 0.0764. The van der Waals surface area contributed by atoms with Gasteiger partial charge in [-0.2, -0.15) is 13.2 Å². The number of hydrogen-bond donors (Lipinski definition) is 8. The number of urea groups is 2. The number of esters is 1. The van der Waals surface area contributed by atoms with Gasteiger partial charge in [-0.05, 0) is 128 Å². The Morgan fingerprint density at radius 2 is 1.22 bits per heavy atom. The number of nitrogens with one attached hydrogen (secondary N) is 6. The topological polar surface area (TPSA) is 268 Å². The number of unbranched alkanes of at least 4 members (excludes halogenated alkanes) is 2. The number of alkyl halides is 3. The summed E-state index contributed by atoms with van der Waals surface area (Å²) in [5, 5.41) is 35.3. The van der Waals surface area contributed by atoms with Crippen molar-refractivity contribution in [3.8, 4) is 11.5 Å². The average molecular weight is 1090 g/mol. The molecule has 0 bridgehead atoms. The van der Waals surface area contributed by atoms with Gasteiger partial charge in [0.1, 0.15) is 12.2 Å². The van der Waals surface area contributed by atoms with Gasteiger partial charge in [0, 0.05) is 42.3 Å². The van der Waals surface area contributed by atoms with E-state index in [9.17, 15) is 42.3 Å². The van der Waals surface area contributed by atoms with Gasteiger partial charge < -0.3 is 75.6 Å². The van der Waals surface area contributed by atoms with Crippen molar-refractivity contribution in [1.29, 1.82) is 0 Å². The second kappa shape index (κ2) is 34.6. The number of nitrogens with zero attached hydrogens (tertiary/aromatic N) is 2. The number of carboxylic acid groups (broad SMARTS) is 1. The first-order valence-electron chi connectivity index (χ1n) is 24.3. The van der Waals surface area contributed by atoms with Gasteiger partial charge in [-0.25, -0.2) is 19.2 Å². The molecule has 4 rings (SSSR count). The number of thioether (sulfide) groups is 1. The molecule has 0 aliphatic carbocycles. The van der Waals surface area contributed by atoms with Crippen LogP contribution in [-0.4, -0.2) is 176 Å². The van der Waals surface area contributed by atoms with Crippen LogP contribution in [-0.2, 0) is 33.3 Å². The zero-order chi connectivity index (χ0) is 55.9. The Morgan fingerprint density at radius 3 is 1.74 bits per heavy atom. The second-order valence-electron chi connectivity index (χ2n) is 16.9. The number of rotatable bonds is 31. The summed E-state index contributed by atoms with van der Waals surface area (Å²) in [6.45, 7) is 6.64. The Balaban J connectivity index is 0.00000202. The molecule has 3 aromatic rings. The lowest BCUT2D eigenvalue weighted by Crippen LogP contribution is -2.31. The van der Waals surface area contributed by atoms with Crippen molar-refractivity contribution in [3.63, 3.8) is 0 Å². The number of amides is 5. The van der Waals surface area contributed by atoms with Gasteiger partial charge >= 0.3 is 30.2 Å². The number of phenolic OH excluding ortho intramolecular Hbond substituents is 1. The normalized spacial score (nSPS) is 12.8. The number of ketones is 1. The molecule has 0 saturated carbocycles. The summed E-state index contributed by atoms with van der Waals surface area (Å²) in [7, 11) is 7.99. The van der Waals surface area contributed by atoms with Gasteiger partial charge in [0.25, 0.3) is 5.91 Å². The number of carbonyl (C=O) groups excluding carboxylic acids is 5. The van der Waals surface area contributed by atoms with Crippen molar-refractivity contribution in [2.24, 2.45) is 0 Å². The maximum Gasteiger partial charge on any atom is 0.490 e. The first kappa shape index (κ1) is 63.4. The van der Waals surface area contributed by atoms with E-state index in [0.717, 1.165) is 50.5 Å². The summed E-state index contributed by atoms with van der Waals surface area (Å²) in [5.74, 6) is -4.24. The zero-order valence-corrected chi connectivity index (χ0v) is 44.1. The predicted molar refractivity (Wildman–Crippen MR) is 282 cm³/mol. The van der Waals surface area contributed by atoms with Crippen molar-refractivity contribution in [3.05, 3.63) is 93.4 Å². The standard InChI is InChI=1S/C49H68N8O11S.C2HF3O2/c1-6-67-47(61)43-44(59)42(69-46(43)53-37-14-8-7-9-15-37)31-35-16-17-41(40(58)30-35)68-29-28-66-27-26-65-25-24-64-23-20-50-45(60)36-32-38(54-48(62)51-18-10-12-21-56(2)3)34-39(33-36)55-49(63)52-19-11-13-22-57(4)5;3-2(4,5)1(6)7/h7-9,14-17,30-34,53,58H,6,10-13,18-29H2,1-5H3,(H,50,60)(H2,51,54,62)(H2,52,55,63);(H,6,7)/b42-31-;. The van der Waals surface area contributed by atoms with Crippen molar-refractivity contribution in [2.45, 2.75) is 38.8 Å². The van der Waals surface area contributed by atoms with Crippen LogP contribution >= 0.6 is 11.8 Å². The third kappa shape index (κ3) is 25.6. The number of para-hydroxylation sites is 1. The quantitative estimate of drug-likeness (QED) is 0.0151. The molecule has 3 aromatic carbocycles. The van der Waals surface area contributed by atoms with E-state index in [1.165, 1.54) is 6.07 Å². The fourth-order valence-electron chi connectivity index (χ4n) is 6.41. The fraction of sp³-hybridized carbons (Fsp3) is 0.451. The van der Waals surface area contributed by atoms with Gasteiger partial charge in [0.2, 0.25) is 5.78 Å². The van der Waals surface area contributed by atoms with E-state index in [2.05, 4.69) is 41.7 Å². The van der Waals surface area contributed by atoms with E-state index in [1.807, 2.05) is 58.5 Å². The van der Waals surface area contributed by atoms with E-state index in [0.29, 0.717) is 65.5 Å². The van der Waals surface area contributed by atoms with Gasteiger partial charge in [-0.1, -0.05) is 36.0 Å². The lowest BCUT2D eigenvalue weighted by atomic mass is 10.1. The molecule has 0 saturated heterocycles. The van der Waals surface area contributed by atoms with Crippen molar-refractivity contribution in [2.75, 3.05) is 130 Å². The molecule has 418 valence electrons. The summed E-state index contributed by atoms with van der Waals surface area (Å²) in [5.41, 5.74) is 2.10. The Kier molecular flexibility index (Phi) is 28.9. The molecule has 0 unspecified atom stereocenters. The first-order valence-corrected chi connectivity index (χ1v) is 25.1. The molecule has 0 aromatic heterocycles. The molecule has 76 heavy (non-hydrogen) atoms. The number of halogens is 3. The van der Waals surface area contributed by atoms with Gasteiger partial charge in [0.15, 0.2) is 11.5 Å². The second-order valence-corrected chi connectivity index (χ2v) is 18.0. The van der Waals surface area contributed by atoms with Crippen LogP contribution in [0, 0.1) is 0 Å². The Morgan fingerprint density at radius 1 is 0.684 bits per heavy atom. The Hall–Kier alpha value is -6.90. The molecule has 1 aliphatic heterocycles. The van der Waals surface area contributed by atoms with Crippen LogP contribution in [0.5, 0.6) is 11.5 Å². The van der Waals surface area contributed by atoms with Crippen LogP contribution in [0.4, 0.5) is 39.8 Å². The number of carbonyl (C=O) groups is 6. The molecule has 25 heteroatoms. The Bertz CT molecular complexity index is 2360. The van der Waals surface area contributed by atoms with Crippen LogP contribution in [0.3, 0.4) is 0 Å². The highest BCUT2D eigenvalue weighted by molar-refractivity contribution is 8.08. The monoisotopic (exact) mass is 1090 g/mol. The summed E-state index contributed by atoms with van der Waals surface area (Å²) in [4.78, 5) is 77.8. The smallest absolute Gasteiger partial charge is 0.490 e. The number of anilines is 3. The number of carboxylic acids is 1. The molecule has 1 aliphatic rings. The van der Waals surface area contributed by atoms with Crippen LogP contribution in [0.1, 0.15) is 48.5 Å². The third-order valence-corrected chi connectivity index (χ3v) is 11.1. The highest BCUT2D eigenvalue weighted by atomic mass is 32.2. The van der Waals surface area contributed by atoms with Crippen LogP contribution in [0.15, 0.2) is 82.2 Å². The van der Waals surface area contributed by atoms with E-state index in [-0.39, 0.29) is 62.2 Å². The first-order chi connectivity index (χ1) is 36.3. The van der Waals surface area contributed by atoms with Crippen molar-refractivity contribution >= 4 is 70.6 Å². The zero-order valence-electron chi connectivity index (χ0n) is 43.3. The molecular formula is C51H69F3N8O13S. The molecule has 0 radical (unpaired) electrons. The van der Waals surface area contributed by atoms with Crippen molar-refractivity contribution in [1.82, 2.24) is 25.8 Å². The average Bonchev–Trinajstić information content (AvgIpc) is 3.66. The van der Waals surface area contributed by atoms with Crippen LogP contribution < -0.4 is 36.6 Å². The minimum Gasteiger partial charge on any atom is -0.504 e. The number of benzene rings is 3. The van der Waals surface area contributed by atoms with E-state index >= 15 is 0 Å². The van der Waals surface area contributed by atoms with Crippen LogP contribution in [0.25, 0.3) is 6.08 Å². The molecule has 0 atom stereocenters. The predicted octanol–water partition coefficient (Wildman–Crippen LogP) is 6.35. The number of hydrogen-bond acceptors (Lipinski definition) is 16. The highest BCUT2D eigenvalue weighted by Crippen LogP contribution is 2.41. The summed E-state index contributed by atoms with van der Waals surface area (Å²) in [6, 6.07) is 17.8. The third-order valence-electron chi connectivity index (χ3n) is 10.0. The van der Waals surface area contributed by atoms with E-state index in [4.69, 9.17) is 33.6 Å². The number of aliphatic carboxylic acids is 1. The number of Topliss-reactive ketones (excluding diaryl/α,β-unsaturated/α-hetero) is 1.